The van der Waals surface area contributed by atoms with Gasteiger partial charge in [-0.2, -0.15) is 10.5 Å². The number of nitriles is 2. The predicted octanol–water partition coefficient (Wildman–Crippen LogP) is 2.92. The van der Waals surface area contributed by atoms with Gasteiger partial charge >= 0.3 is 0 Å². The molecule has 1 aromatic carbocycles. The summed E-state index contributed by atoms with van der Waals surface area (Å²) >= 11 is 0. The third-order valence-corrected chi connectivity index (χ3v) is 5.69. The van der Waals surface area contributed by atoms with Gasteiger partial charge in [0.2, 0.25) is 0 Å². The van der Waals surface area contributed by atoms with Crippen molar-refractivity contribution >= 4 is 16.6 Å². The first-order valence-electron chi connectivity index (χ1n) is 8.35. The molecule has 1 saturated carbocycles. The van der Waals surface area contributed by atoms with Crippen LogP contribution in [0.2, 0.25) is 0 Å². The fourth-order valence-electron chi connectivity index (χ4n) is 4.35. The molecule has 0 atom stereocenters. The number of aromatic amines is 1. The molecule has 0 amide bonds. The van der Waals surface area contributed by atoms with Gasteiger partial charge in [-0.05, 0) is 37.2 Å². The SMILES string of the molecule is N#Cc1c(N2CCC3(CC2)CC(C#N)C3)c2ccccc2[nH]c1=O. The first-order chi connectivity index (χ1) is 11.7. The van der Waals surface area contributed by atoms with E-state index in [9.17, 15) is 10.1 Å². The highest BCUT2D eigenvalue weighted by Crippen LogP contribution is 2.52. The van der Waals surface area contributed by atoms with Crippen LogP contribution in [0.15, 0.2) is 29.1 Å². The van der Waals surface area contributed by atoms with Crippen molar-refractivity contribution < 1.29 is 0 Å². The highest BCUT2D eigenvalue weighted by atomic mass is 16.1. The second-order valence-electron chi connectivity index (χ2n) is 7.06. The van der Waals surface area contributed by atoms with E-state index >= 15 is 0 Å². The topological polar surface area (TPSA) is 83.7 Å². The monoisotopic (exact) mass is 318 g/mol. The van der Waals surface area contributed by atoms with Crippen molar-refractivity contribution in [2.45, 2.75) is 25.7 Å². The summed E-state index contributed by atoms with van der Waals surface area (Å²) in [7, 11) is 0. The Morgan fingerprint density at radius 2 is 1.88 bits per heavy atom. The number of benzene rings is 1. The average molecular weight is 318 g/mol. The maximum absolute atomic E-state index is 12.3. The quantitative estimate of drug-likeness (QED) is 0.876. The van der Waals surface area contributed by atoms with Crippen molar-refractivity contribution in [3.05, 3.63) is 40.2 Å². The molecule has 1 aliphatic heterocycles. The molecule has 2 fully saturated rings. The Hall–Kier alpha value is -2.79. The number of rotatable bonds is 1. The highest BCUT2D eigenvalue weighted by Gasteiger charge is 2.46. The Kier molecular flexibility index (Phi) is 3.32. The number of hydrogen-bond acceptors (Lipinski definition) is 4. The molecule has 4 rings (SSSR count). The summed E-state index contributed by atoms with van der Waals surface area (Å²) in [5, 5.41) is 19.4. The molecule has 0 bridgehead atoms. The van der Waals surface area contributed by atoms with Crippen molar-refractivity contribution in [3.63, 3.8) is 0 Å². The van der Waals surface area contributed by atoms with Crippen LogP contribution in [-0.2, 0) is 0 Å². The first-order valence-corrected chi connectivity index (χ1v) is 8.35. The van der Waals surface area contributed by atoms with Crippen molar-refractivity contribution in [1.29, 1.82) is 10.5 Å². The molecule has 120 valence electrons. The number of aromatic nitrogens is 1. The van der Waals surface area contributed by atoms with Crippen LogP contribution >= 0.6 is 0 Å². The summed E-state index contributed by atoms with van der Waals surface area (Å²) in [4.78, 5) is 17.2. The Morgan fingerprint density at radius 1 is 1.17 bits per heavy atom. The van der Waals surface area contributed by atoms with E-state index in [1.165, 1.54) is 0 Å². The molecule has 5 heteroatoms. The maximum atomic E-state index is 12.3. The lowest BCUT2D eigenvalue weighted by Crippen LogP contribution is -2.47. The highest BCUT2D eigenvalue weighted by molar-refractivity contribution is 5.94. The molecule has 1 saturated heterocycles. The molecular formula is C19H18N4O. The average Bonchev–Trinajstić information content (AvgIpc) is 2.58. The van der Waals surface area contributed by atoms with Crippen LogP contribution < -0.4 is 10.5 Å². The van der Waals surface area contributed by atoms with Gasteiger partial charge in [-0.25, -0.2) is 0 Å². The number of piperidine rings is 1. The van der Waals surface area contributed by atoms with Gasteiger partial charge in [-0.15, -0.1) is 0 Å². The van der Waals surface area contributed by atoms with Crippen LogP contribution in [0.1, 0.15) is 31.2 Å². The second-order valence-corrected chi connectivity index (χ2v) is 7.06. The largest absolute Gasteiger partial charge is 0.370 e. The van der Waals surface area contributed by atoms with Gasteiger partial charge in [0.05, 0.1) is 17.3 Å². The lowest BCUT2D eigenvalue weighted by molar-refractivity contribution is 0.0566. The summed E-state index contributed by atoms with van der Waals surface area (Å²) in [5.74, 6) is 0.214. The van der Waals surface area contributed by atoms with Crippen LogP contribution in [0.5, 0.6) is 0 Å². The zero-order valence-electron chi connectivity index (χ0n) is 13.4. The van der Waals surface area contributed by atoms with E-state index < -0.39 is 0 Å². The smallest absolute Gasteiger partial charge is 0.268 e. The summed E-state index contributed by atoms with van der Waals surface area (Å²) in [6.07, 6.45) is 4.05. The number of H-pyrrole nitrogens is 1. The van der Waals surface area contributed by atoms with Gasteiger partial charge < -0.3 is 9.88 Å². The fourth-order valence-corrected chi connectivity index (χ4v) is 4.35. The van der Waals surface area contributed by atoms with Crippen molar-refractivity contribution in [1.82, 2.24) is 4.98 Å². The Labute approximate surface area is 140 Å². The minimum Gasteiger partial charge on any atom is -0.370 e. The van der Waals surface area contributed by atoms with Crippen molar-refractivity contribution in [2.75, 3.05) is 18.0 Å². The van der Waals surface area contributed by atoms with Crippen LogP contribution in [0, 0.1) is 34.0 Å². The standard InChI is InChI=1S/C19H18N4O/c20-11-13-9-19(10-13)5-7-23(8-6-19)17-14-3-1-2-4-16(14)22-18(24)15(17)12-21/h1-4,13H,5-10H2,(H,22,24). The summed E-state index contributed by atoms with van der Waals surface area (Å²) < 4.78 is 0. The van der Waals surface area contributed by atoms with Crippen LogP contribution in [0.3, 0.4) is 0 Å². The van der Waals surface area contributed by atoms with Crippen LogP contribution in [0.25, 0.3) is 10.9 Å². The van der Waals surface area contributed by atoms with Gasteiger partial charge in [0.1, 0.15) is 11.6 Å². The second kappa shape index (κ2) is 5.39. The lowest BCUT2D eigenvalue weighted by Gasteiger charge is -2.50. The molecule has 0 radical (unpaired) electrons. The molecule has 5 nitrogen and oxygen atoms in total. The van der Waals surface area contributed by atoms with Crippen LogP contribution in [-0.4, -0.2) is 18.1 Å². The van der Waals surface area contributed by atoms with Crippen molar-refractivity contribution in [2.24, 2.45) is 11.3 Å². The number of hydrogen-bond donors (Lipinski definition) is 1. The van der Waals surface area contributed by atoms with E-state index in [0.29, 0.717) is 5.41 Å². The molecule has 1 spiro atoms. The van der Waals surface area contributed by atoms with E-state index in [1.54, 1.807) is 0 Å². The molecule has 2 heterocycles. The van der Waals surface area contributed by atoms with E-state index in [2.05, 4.69) is 22.0 Å². The number of anilines is 1. The zero-order chi connectivity index (χ0) is 16.7. The number of para-hydroxylation sites is 1. The minimum atomic E-state index is -0.320. The fraction of sp³-hybridized carbons (Fsp3) is 0.421. The van der Waals surface area contributed by atoms with Crippen LogP contribution in [0.4, 0.5) is 5.69 Å². The Morgan fingerprint density at radius 3 is 2.54 bits per heavy atom. The molecule has 24 heavy (non-hydrogen) atoms. The predicted molar refractivity (Wildman–Crippen MR) is 91.5 cm³/mol. The Bertz CT molecular complexity index is 930. The van der Waals surface area contributed by atoms with E-state index in [1.807, 2.05) is 24.3 Å². The third-order valence-electron chi connectivity index (χ3n) is 5.69. The first kappa shape index (κ1) is 14.8. The van der Waals surface area contributed by atoms with Gasteiger partial charge in [-0.3, -0.25) is 4.79 Å². The Balaban J connectivity index is 1.69. The number of fused-ring (bicyclic) bond motifs is 1. The molecule has 2 aromatic rings. The molecular weight excluding hydrogens is 300 g/mol. The summed E-state index contributed by atoms with van der Waals surface area (Å²) in [6.45, 7) is 1.67. The minimum absolute atomic E-state index is 0.202. The maximum Gasteiger partial charge on any atom is 0.268 e. The summed E-state index contributed by atoms with van der Waals surface area (Å²) in [5.41, 5.74) is 1.72. The van der Waals surface area contributed by atoms with E-state index in [-0.39, 0.29) is 17.0 Å². The van der Waals surface area contributed by atoms with Gasteiger partial charge in [0, 0.05) is 24.4 Å². The lowest BCUT2D eigenvalue weighted by atomic mass is 9.58. The van der Waals surface area contributed by atoms with E-state index in [4.69, 9.17) is 5.26 Å². The molecule has 1 N–H and O–H groups in total. The van der Waals surface area contributed by atoms with Gasteiger partial charge in [0.25, 0.3) is 5.56 Å². The van der Waals surface area contributed by atoms with E-state index in [0.717, 1.165) is 55.4 Å². The third kappa shape index (κ3) is 2.17. The number of nitrogens with one attached hydrogen (secondary N) is 1. The number of nitrogens with zero attached hydrogens (tertiary/aromatic N) is 3. The van der Waals surface area contributed by atoms with Gasteiger partial charge in [0.15, 0.2) is 0 Å². The molecule has 1 aromatic heterocycles. The van der Waals surface area contributed by atoms with Crippen molar-refractivity contribution in [3.8, 4) is 12.1 Å². The zero-order valence-corrected chi connectivity index (χ0v) is 13.4. The summed E-state index contributed by atoms with van der Waals surface area (Å²) in [6, 6.07) is 12.1. The molecule has 2 aliphatic rings. The molecule has 1 aliphatic carbocycles. The number of pyridine rings is 1. The molecule has 0 unspecified atom stereocenters. The normalized spacial score (nSPS) is 19.7. The van der Waals surface area contributed by atoms with Gasteiger partial charge in [-0.1, -0.05) is 18.2 Å².